The zero-order valence-electron chi connectivity index (χ0n) is 19.7. The van der Waals surface area contributed by atoms with Gasteiger partial charge in [-0.3, -0.25) is 9.47 Å². The lowest BCUT2D eigenvalue weighted by Crippen LogP contribution is -2.34. The van der Waals surface area contributed by atoms with Gasteiger partial charge in [-0.15, -0.1) is 0 Å². The molecule has 1 amide bonds. The molecule has 1 aliphatic rings. The second-order valence-electron chi connectivity index (χ2n) is 8.80. The predicted molar refractivity (Wildman–Crippen MR) is 141 cm³/mol. The largest absolute Gasteiger partial charge is 0.333 e. The van der Waals surface area contributed by atoms with Crippen molar-refractivity contribution in [1.29, 1.82) is 5.26 Å². The molecule has 186 valence electrons. The van der Waals surface area contributed by atoms with Crippen LogP contribution in [0.1, 0.15) is 27.9 Å². The van der Waals surface area contributed by atoms with E-state index in [2.05, 4.69) is 37.2 Å². The molecule has 2 aromatic carbocycles. The van der Waals surface area contributed by atoms with Gasteiger partial charge in [-0.05, 0) is 69.5 Å². The van der Waals surface area contributed by atoms with Crippen LogP contribution in [0.2, 0.25) is 0 Å². The second kappa shape index (κ2) is 10.6. The van der Waals surface area contributed by atoms with Gasteiger partial charge in [-0.25, -0.2) is 18.6 Å². The van der Waals surface area contributed by atoms with Crippen LogP contribution in [0, 0.1) is 23.0 Å². The summed E-state index contributed by atoms with van der Waals surface area (Å²) >= 11 is 3.35. The Balaban J connectivity index is 1.39. The van der Waals surface area contributed by atoms with Crippen LogP contribution in [-0.4, -0.2) is 33.6 Å². The van der Waals surface area contributed by atoms with Gasteiger partial charge in [0.25, 0.3) is 0 Å². The maximum absolute atomic E-state index is 14.0. The van der Waals surface area contributed by atoms with E-state index in [0.29, 0.717) is 48.3 Å². The summed E-state index contributed by atoms with van der Waals surface area (Å²) in [6.45, 7) is 2.19. The molecular weight excluding hydrogens is 540 g/mol. The zero-order valence-corrected chi connectivity index (χ0v) is 21.3. The number of carbonyl (C=O) groups is 1. The number of nitrogens with one attached hydrogen (secondary N) is 1. The highest BCUT2D eigenvalue weighted by Gasteiger charge is 2.26. The molecule has 0 atom stereocenters. The van der Waals surface area contributed by atoms with E-state index in [4.69, 9.17) is 0 Å². The number of aromatic nitrogens is 2. The number of fused-ring (bicyclic) bond motifs is 3. The van der Waals surface area contributed by atoms with Crippen LogP contribution in [0.3, 0.4) is 0 Å². The van der Waals surface area contributed by atoms with E-state index in [1.165, 1.54) is 12.1 Å². The smallest absolute Gasteiger partial charge is 0.326 e. The molecule has 0 fully saturated rings. The van der Waals surface area contributed by atoms with Crippen LogP contribution in [-0.2, 0) is 19.5 Å². The summed E-state index contributed by atoms with van der Waals surface area (Å²) in [5.74, 6) is -1.21. The fraction of sp³-hybridized carbons (Fsp3) is 0.179. The fourth-order valence-corrected chi connectivity index (χ4v) is 5.06. The molecule has 0 unspecified atom stereocenters. The van der Waals surface area contributed by atoms with Crippen LogP contribution in [0.15, 0.2) is 65.4 Å². The lowest BCUT2D eigenvalue weighted by molar-refractivity contribution is 0.240. The molecule has 1 aliphatic heterocycles. The summed E-state index contributed by atoms with van der Waals surface area (Å²) in [5.41, 5.74) is 4.45. The van der Waals surface area contributed by atoms with Crippen LogP contribution in [0.5, 0.6) is 0 Å². The van der Waals surface area contributed by atoms with Crippen LogP contribution in [0.25, 0.3) is 17.0 Å². The first kappa shape index (κ1) is 24.8. The average molecular weight is 562 g/mol. The number of rotatable bonds is 5. The average Bonchev–Trinajstić information content (AvgIpc) is 3.21. The minimum atomic E-state index is -0.607. The predicted octanol–water partition coefficient (Wildman–Crippen LogP) is 5.78. The maximum atomic E-state index is 14.0. The van der Waals surface area contributed by atoms with Gasteiger partial charge < -0.3 is 5.32 Å². The van der Waals surface area contributed by atoms with E-state index in [9.17, 15) is 18.8 Å². The van der Waals surface area contributed by atoms with Gasteiger partial charge >= 0.3 is 6.03 Å². The molecule has 0 aliphatic carbocycles. The SMILES string of the molecule is N#Cc1ccc2c(c1)c1c(n2C(=O)NCc2ccnc(Br)c2)CCN(CC=Cc2ccc(F)cc2F)C1. The highest BCUT2D eigenvalue weighted by Crippen LogP contribution is 2.32. The molecule has 0 radical (unpaired) electrons. The second-order valence-corrected chi connectivity index (χ2v) is 9.62. The summed E-state index contributed by atoms with van der Waals surface area (Å²) in [4.78, 5) is 19.6. The summed E-state index contributed by atoms with van der Waals surface area (Å²) in [7, 11) is 0. The van der Waals surface area contributed by atoms with E-state index in [1.807, 2.05) is 30.3 Å². The Hall–Kier alpha value is -3.87. The Kier molecular flexibility index (Phi) is 7.12. The molecular formula is C28H22BrF2N5O. The van der Waals surface area contributed by atoms with E-state index >= 15 is 0 Å². The summed E-state index contributed by atoms with van der Waals surface area (Å²) in [6.07, 6.45) is 5.81. The molecule has 0 spiro atoms. The normalized spacial score (nSPS) is 13.6. The number of nitriles is 1. The molecule has 0 bridgehead atoms. The van der Waals surface area contributed by atoms with Crippen molar-refractivity contribution >= 4 is 38.9 Å². The van der Waals surface area contributed by atoms with Crippen molar-refractivity contribution in [2.45, 2.75) is 19.5 Å². The van der Waals surface area contributed by atoms with Gasteiger partial charge in [0.1, 0.15) is 16.2 Å². The third-order valence-corrected chi connectivity index (χ3v) is 6.85. The lowest BCUT2D eigenvalue weighted by Gasteiger charge is -2.27. The first-order valence-corrected chi connectivity index (χ1v) is 12.5. The van der Waals surface area contributed by atoms with Crippen molar-refractivity contribution in [3.8, 4) is 6.07 Å². The minimum absolute atomic E-state index is 0.232. The molecule has 0 saturated heterocycles. The van der Waals surface area contributed by atoms with Gasteiger partial charge in [0.15, 0.2) is 0 Å². The number of carbonyl (C=O) groups excluding carboxylic acids is 1. The summed E-state index contributed by atoms with van der Waals surface area (Å²) in [6, 6.07) is 14.5. The van der Waals surface area contributed by atoms with Crippen LogP contribution < -0.4 is 5.32 Å². The number of pyridine rings is 1. The van der Waals surface area contributed by atoms with E-state index in [0.717, 1.165) is 33.8 Å². The van der Waals surface area contributed by atoms with Crippen molar-refractivity contribution in [3.63, 3.8) is 0 Å². The van der Waals surface area contributed by atoms with Crippen molar-refractivity contribution in [3.05, 3.63) is 105 Å². The van der Waals surface area contributed by atoms with Gasteiger partial charge in [0.2, 0.25) is 0 Å². The molecule has 1 N–H and O–H groups in total. The zero-order chi connectivity index (χ0) is 25.9. The van der Waals surface area contributed by atoms with E-state index in [1.54, 1.807) is 22.9 Å². The molecule has 4 aromatic rings. The Morgan fingerprint density at radius 1 is 1.19 bits per heavy atom. The minimum Gasteiger partial charge on any atom is -0.333 e. The molecule has 3 heterocycles. The number of nitrogens with zero attached hydrogens (tertiary/aromatic N) is 4. The molecule has 9 heteroatoms. The lowest BCUT2D eigenvalue weighted by atomic mass is 10.0. The number of amides is 1. The topological polar surface area (TPSA) is 74.0 Å². The third kappa shape index (κ3) is 5.31. The Labute approximate surface area is 221 Å². The number of hydrogen-bond donors (Lipinski definition) is 1. The fourth-order valence-electron chi connectivity index (χ4n) is 4.65. The van der Waals surface area contributed by atoms with Crippen molar-refractivity contribution in [2.24, 2.45) is 0 Å². The Morgan fingerprint density at radius 3 is 2.84 bits per heavy atom. The third-order valence-electron chi connectivity index (χ3n) is 6.42. The van der Waals surface area contributed by atoms with Gasteiger partial charge in [-0.1, -0.05) is 12.2 Å². The van der Waals surface area contributed by atoms with Crippen molar-refractivity contribution in [2.75, 3.05) is 13.1 Å². The van der Waals surface area contributed by atoms with Crippen LogP contribution in [0.4, 0.5) is 13.6 Å². The number of halogens is 3. The molecule has 6 nitrogen and oxygen atoms in total. The van der Waals surface area contributed by atoms with Crippen molar-refractivity contribution < 1.29 is 13.6 Å². The number of hydrogen-bond acceptors (Lipinski definition) is 4. The molecule has 2 aromatic heterocycles. The summed E-state index contributed by atoms with van der Waals surface area (Å²) in [5, 5.41) is 13.3. The number of benzene rings is 2. The quantitative estimate of drug-likeness (QED) is 0.313. The van der Waals surface area contributed by atoms with Gasteiger partial charge in [0, 0.05) is 61.5 Å². The first-order chi connectivity index (χ1) is 17.9. The van der Waals surface area contributed by atoms with E-state index in [-0.39, 0.29) is 6.03 Å². The molecule has 0 saturated carbocycles. The molecule has 37 heavy (non-hydrogen) atoms. The Morgan fingerprint density at radius 2 is 2.05 bits per heavy atom. The van der Waals surface area contributed by atoms with Gasteiger partial charge in [-0.2, -0.15) is 5.26 Å². The van der Waals surface area contributed by atoms with Gasteiger partial charge in [0.05, 0.1) is 17.1 Å². The summed E-state index contributed by atoms with van der Waals surface area (Å²) < 4.78 is 29.5. The first-order valence-electron chi connectivity index (χ1n) is 11.7. The molecule has 5 rings (SSSR count). The van der Waals surface area contributed by atoms with Crippen molar-refractivity contribution in [1.82, 2.24) is 19.8 Å². The standard InChI is InChI=1S/C28H22BrF2N5O/c29-27-13-19(7-9-33-27)16-34-28(37)36-25-6-3-18(15-32)12-22(25)23-17-35(11-8-26(23)36)10-1-2-20-4-5-21(30)14-24(20)31/h1-7,9,12-14H,8,10-11,16-17H2,(H,34,37). The highest BCUT2D eigenvalue weighted by molar-refractivity contribution is 9.10. The van der Waals surface area contributed by atoms with E-state index < -0.39 is 11.6 Å². The Bertz CT molecular complexity index is 1570. The maximum Gasteiger partial charge on any atom is 0.326 e. The highest BCUT2D eigenvalue weighted by atomic mass is 79.9. The monoisotopic (exact) mass is 561 g/mol. The van der Waals surface area contributed by atoms with Crippen LogP contribution >= 0.6 is 15.9 Å².